The lowest BCUT2D eigenvalue weighted by atomic mass is 9.94. The Labute approximate surface area is 157 Å². The molecule has 0 aliphatic carbocycles. The summed E-state index contributed by atoms with van der Waals surface area (Å²) in [5, 5.41) is 2.74. The summed E-state index contributed by atoms with van der Waals surface area (Å²) in [7, 11) is -3.21. The van der Waals surface area contributed by atoms with Crippen molar-refractivity contribution in [3.63, 3.8) is 0 Å². The summed E-state index contributed by atoms with van der Waals surface area (Å²) in [5.41, 5.74) is 1.10. The van der Waals surface area contributed by atoms with Crippen LogP contribution in [0.15, 0.2) is 35.5 Å². The molecule has 0 radical (unpaired) electrons. The number of allylic oxidation sites excluding steroid dienone is 1. The van der Waals surface area contributed by atoms with Crippen molar-refractivity contribution >= 4 is 21.8 Å². The number of nitrogens with zero attached hydrogens (tertiary/aromatic N) is 1. The van der Waals surface area contributed by atoms with Gasteiger partial charge in [0, 0.05) is 5.70 Å². The van der Waals surface area contributed by atoms with Crippen LogP contribution in [0.4, 0.5) is 9.18 Å². The Kier molecular flexibility index (Phi) is 5.23. The normalized spacial score (nSPS) is 24.7. The number of halogens is 1. The third-order valence-electron chi connectivity index (χ3n) is 4.80. The fourth-order valence-corrected chi connectivity index (χ4v) is 5.25. The molecule has 1 fully saturated rings. The Morgan fingerprint density at radius 3 is 2.56 bits per heavy atom. The van der Waals surface area contributed by atoms with Gasteiger partial charge in [0.25, 0.3) is 0 Å². The number of benzene rings is 1. The second kappa shape index (κ2) is 7.30. The zero-order chi connectivity index (χ0) is 19.8. The van der Waals surface area contributed by atoms with Gasteiger partial charge in [0.05, 0.1) is 35.8 Å². The highest BCUT2D eigenvalue weighted by Gasteiger charge is 2.42. The molecule has 2 atom stereocenters. The molecular weight excluding hydrogens is 375 g/mol. The van der Waals surface area contributed by atoms with E-state index in [0.29, 0.717) is 17.7 Å². The van der Waals surface area contributed by atoms with Crippen molar-refractivity contribution in [2.24, 2.45) is 0 Å². The SMILES string of the molecule is CCOC(=O)C1=C(C)N(C2CCS(=O)(=O)C2)C(=O)NC1c1ccc(F)cc1. The second-order valence-electron chi connectivity index (χ2n) is 6.58. The number of nitrogens with one attached hydrogen (secondary N) is 1. The molecule has 9 heteroatoms. The minimum absolute atomic E-state index is 0.00482. The number of sulfone groups is 1. The van der Waals surface area contributed by atoms with Crippen LogP contribution in [0.25, 0.3) is 0 Å². The van der Waals surface area contributed by atoms with E-state index in [1.54, 1.807) is 13.8 Å². The Morgan fingerprint density at radius 2 is 2.00 bits per heavy atom. The zero-order valence-corrected chi connectivity index (χ0v) is 15.9. The summed E-state index contributed by atoms with van der Waals surface area (Å²) < 4.78 is 42.1. The second-order valence-corrected chi connectivity index (χ2v) is 8.81. The first kappa shape index (κ1) is 19.3. The van der Waals surface area contributed by atoms with Crippen LogP contribution in [-0.2, 0) is 19.4 Å². The van der Waals surface area contributed by atoms with Crippen LogP contribution in [0.3, 0.4) is 0 Å². The number of rotatable bonds is 4. The van der Waals surface area contributed by atoms with E-state index in [2.05, 4.69) is 5.32 Å². The molecule has 146 valence electrons. The molecule has 2 amide bonds. The molecule has 3 rings (SSSR count). The first-order valence-corrected chi connectivity index (χ1v) is 10.5. The molecule has 0 spiro atoms. The van der Waals surface area contributed by atoms with Crippen molar-refractivity contribution in [1.29, 1.82) is 0 Å². The molecule has 2 aliphatic heterocycles. The number of hydrogen-bond acceptors (Lipinski definition) is 5. The number of urea groups is 1. The first-order valence-electron chi connectivity index (χ1n) is 8.67. The monoisotopic (exact) mass is 396 g/mol. The highest BCUT2D eigenvalue weighted by molar-refractivity contribution is 7.91. The van der Waals surface area contributed by atoms with Crippen molar-refractivity contribution in [2.75, 3.05) is 18.1 Å². The van der Waals surface area contributed by atoms with Gasteiger partial charge in [-0.3, -0.25) is 4.90 Å². The van der Waals surface area contributed by atoms with Crippen LogP contribution in [0.2, 0.25) is 0 Å². The smallest absolute Gasteiger partial charge is 0.338 e. The summed E-state index contributed by atoms with van der Waals surface area (Å²) in [6.07, 6.45) is 0.310. The molecule has 1 aromatic rings. The van der Waals surface area contributed by atoms with Crippen LogP contribution in [0.1, 0.15) is 31.9 Å². The summed E-state index contributed by atoms with van der Waals surface area (Å²) in [4.78, 5) is 26.7. The lowest BCUT2D eigenvalue weighted by Crippen LogP contribution is -2.52. The van der Waals surface area contributed by atoms with Gasteiger partial charge in [-0.2, -0.15) is 0 Å². The maximum atomic E-state index is 13.3. The van der Waals surface area contributed by atoms with Crippen molar-refractivity contribution in [3.05, 3.63) is 46.9 Å². The Bertz CT molecular complexity index is 895. The minimum atomic E-state index is -3.21. The van der Waals surface area contributed by atoms with Crippen molar-refractivity contribution < 1.29 is 27.1 Å². The summed E-state index contributed by atoms with van der Waals surface area (Å²) >= 11 is 0. The van der Waals surface area contributed by atoms with Gasteiger partial charge in [-0.25, -0.2) is 22.4 Å². The fourth-order valence-electron chi connectivity index (χ4n) is 3.55. The quantitative estimate of drug-likeness (QED) is 0.785. The molecule has 1 aromatic carbocycles. The van der Waals surface area contributed by atoms with Crippen LogP contribution in [0.5, 0.6) is 0 Å². The van der Waals surface area contributed by atoms with Gasteiger partial charge in [0.1, 0.15) is 5.82 Å². The predicted octanol–water partition coefficient (Wildman–Crippen LogP) is 1.92. The number of esters is 1. The zero-order valence-electron chi connectivity index (χ0n) is 15.1. The molecule has 27 heavy (non-hydrogen) atoms. The number of amides is 2. The standard InChI is InChI=1S/C18H21FN2O5S/c1-3-26-17(22)15-11(2)21(14-8-9-27(24,25)10-14)18(23)20-16(15)12-4-6-13(19)7-5-12/h4-7,14,16H,3,8-10H2,1-2H3,(H,20,23). The third-order valence-corrected chi connectivity index (χ3v) is 6.55. The van der Waals surface area contributed by atoms with Gasteiger partial charge >= 0.3 is 12.0 Å². The largest absolute Gasteiger partial charge is 0.463 e. The van der Waals surface area contributed by atoms with Gasteiger partial charge in [-0.15, -0.1) is 0 Å². The van der Waals surface area contributed by atoms with E-state index in [-0.39, 0.29) is 23.7 Å². The van der Waals surface area contributed by atoms with E-state index in [4.69, 9.17) is 4.74 Å². The average Bonchev–Trinajstić information content (AvgIpc) is 2.94. The molecule has 7 nitrogen and oxygen atoms in total. The van der Waals surface area contributed by atoms with Crippen LogP contribution < -0.4 is 5.32 Å². The van der Waals surface area contributed by atoms with Gasteiger partial charge in [0.2, 0.25) is 0 Å². The molecule has 2 aliphatic rings. The van der Waals surface area contributed by atoms with Gasteiger partial charge < -0.3 is 10.1 Å². The maximum absolute atomic E-state index is 13.3. The summed E-state index contributed by atoms with van der Waals surface area (Å²) in [6.45, 7) is 3.42. The van der Waals surface area contributed by atoms with Crippen molar-refractivity contribution in [2.45, 2.75) is 32.4 Å². The number of carbonyl (C=O) groups is 2. The van der Waals surface area contributed by atoms with E-state index in [9.17, 15) is 22.4 Å². The first-order chi connectivity index (χ1) is 12.7. The van der Waals surface area contributed by atoms with E-state index in [0.717, 1.165) is 0 Å². The Hall–Kier alpha value is -2.42. The number of carbonyl (C=O) groups excluding carboxylic acids is 2. The average molecular weight is 396 g/mol. The highest BCUT2D eigenvalue weighted by atomic mass is 32.2. The predicted molar refractivity (Wildman–Crippen MR) is 95.9 cm³/mol. The van der Waals surface area contributed by atoms with Crippen LogP contribution in [0, 0.1) is 5.82 Å². The molecular formula is C18H21FN2O5S. The Balaban J connectivity index is 2.05. The Morgan fingerprint density at radius 1 is 1.33 bits per heavy atom. The molecule has 0 saturated carbocycles. The molecule has 0 aromatic heterocycles. The van der Waals surface area contributed by atoms with E-state index < -0.39 is 39.7 Å². The van der Waals surface area contributed by atoms with Gasteiger partial charge in [-0.05, 0) is 38.0 Å². The van der Waals surface area contributed by atoms with Gasteiger partial charge in [0.15, 0.2) is 9.84 Å². The van der Waals surface area contributed by atoms with Crippen LogP contribution in [-0.4, -0.2) is 49.5 Å². The molecule has 1 N–H and O–H groups in total. The maximum Gasteiger partial charge on any atom is 0.338 e. The highest BCUT2D eigenvalue weighted by Crippen LogP contribution is 2.34. The molecule has 2 unspecified atom stereocenters. The topological polar surface area (TPSA) is 92.8 Å². The van der Waals surface area contributed by atoms with E-state index >= 15 is 0 Å². The van der Waals surface area contributed by atoms with Gasteiger partial charge in [-0.1, -0.05) is 12.1 Å². The lowest BCUT2D eigenvalue weighted by molar-refractivity contribution is -0.139. The van der Waals surface area contributed by atoms with Crippen LogP contribution >= 0.6 is 0 Å². The number of hydrogen-bond donors (Lipinski definition) is 1. The van der Waals surface area contributed by atoms with E-state index in [1.807, 2.05) is 0 Å². The fraction of sp³-hybridized carbons (Fsp3) is 0.444. The molecule has 2 heterocycles. The lowest BCUT2D eigenvalue weighted by Gasteiger charge is -2.38. The summed E-state index contributed by atoms with van der Waals surface area (Å²) in [6, 6.07) is 3.65. The van der Waals surface area contributed by atoms with E-state index in [1.165, 1.54) is 29.2 Å². The van der Waals surface area contributed by atoms with Crippen molar-refractivity contribution in [1.82, 2.24) is 10.2 Å². The summed E-state index contributed by atoms with van der Waals surface area (Å²) in [5.74, 6) is -1.17. The minimum Gasteiger partial charge on any atom is -0.463 e. The third kappa shape index (κ3) is 3.83. The number of ether oxygens (including phenoxy) is 1. The molecule has 0 bridgehead atoms. The van der Waals surface area contributed by atoms with Crippen molar-refractivity contribution in [3.8, 4) is 0 Å². The molecule has 1 saturated heterocycles.